The molecule has 0 radical (unpaired) electrons. The third-order valence-electron chi connectivity index (χ3n) is 4.16. The molecule has 0 N–H and O–H groups in total. The predicted molar refractivity (Wildman–Crippen MR) is 94.7 cm³/mol. The number of hydrogen-bond acceptors (Lipinski definition) is 3. The second-order valence-corrected chi connectivity index (χ2v) is 5.83. The average molecular weight is 349 g/mol. The molecule has 2 heterocycles. The maximum absolute atomic E-state index is 14.5. The van der Waals surface area contributed by atoms with E-state index in [1.807, 2.05) is 6.07 Å². The normalized spacial score (nSPS) is 11.0. The Morgan fingerprint density at radius 2 is 1.62 bits per heavy atom. The van der Waals surface area contributed by atoms with Crippen molar-refractivity contribution in [2.45, 2.75) is 6.54 Å². The number of halogens is 2. The summed E-state index contributed by atoms with van der Waals surface area (Å²) in [6.07, 6.45) is 2.75. The zero-order chi connectivity index (χ0) is 18.1. The van der Waals surface area contributed by atoms with Gasteiger partial charge in [0.05, 0.1) is 18.4 Å². The fraction of sp³-hybridized carbons (Fsp3) is 0.0500. The van der Waals surface area contributed by atoms with Gasteiger partial charge in [0.25, 0.3) is 5.56 Å². The minimum absolute atomic E-state index is 0.164. The molecule has 0 amide bonds. The molecule has 0 spiro atoms. The van der Waals surface area contributed by atoms with E-state index in [1.54, 1.807) is 36.4 Å². The first-order valence-corrected chi connectivity index (χ1v) is 7.97. The van der Waals surface area contributed by atoms with E-state index in [0.29, 0.717) is 16.6 Å². The highest BCUT2D eigenvalue weighted by Crippen LogP contribution is 2.24. The molecule has 4 aromatic rings. The molecule has 0 saturated carbocycles. The van der Waals surface area contributed by atoms with Crippen molar-refractivity contribution >= 4 is 11.0 Å². The van der Waals surface area contributed by atoms with Crippen LogP contribution in [0.2, 0.25) is 0 Å². The van der Waals surface area contributed by atoms with Crippen LogP contribution in [0.25, 0.3) is 22.2 Å². The number of aromatic nitrogens is 3. The quantitative estimate of drug-likeness (QED) is 0.565. The van der Waals surface area contributed by atoms with E-state index in [2.05, 4.69) is 9.97 Å². The summed E-state index contributed by atoms with van der Waals surface area (Å²) in [5, 5.41) is 0. The van der Waals surface area contributed by atoms with Crippen molar-refractivity contribution in [3.8, 4) is 11.1 Å². The van der Waals surface area contributed by atoms with Crippen molar-refractivity contribution in [3.05, 3.63) is 94.7 Å². The molecule has 26 heavy (non-hydrogen) atoms. The Kier molecular flexibility index (Phi) is 4.01. The molecule has 0 fully saturated rings. The predicted octanol–water partition coefficient (Wildman–Crippen LogP) is 3.79. The van der Waals surface area contributed by atoms with Crippen LogP contribution in [0, 0.1) is 11.6 Å². The summed E-state index contributed by atoms with van der Waals surface area (Å²) in [5.74, 6) is -1.42. The van der Waals surface area contributed by atoms with Crippen LogP contribution in [-0.2, 0) is 6.54 Å². The fourth-order valence-electron chi connectivity index (χ4n) is 2.82. The van der Waals surface area contributed by atoms with Crippen LogP contribution in [0.1, 0.15) is 5.56 Å². The van der Waals surface area contributed by atoms with E-state index in [9.17, 15) is 13.6 Å². The highest BCUT2D eigenvalue weighted by Gasteiger charge is 2.14. The summed E-state index contributed by atoms with van der Waals surface area (Å²) in [4.78, 5) is 20.6. The van der Waals surface area contributed by atoms with E-state index in [4.69, 9.17) is 0 Å². The summed E-state index contributed by atoms with van der Waals surface area (Å²) in [7, 11) is 0. The molecule has 2 aromatic heterocycles. The average Bonchev–Trinajstić information content (AvgIpc) is 2.67. The van der Waals surface area contributed by atoms with Gasteiger partial charge in [-0.1, -0.05) is 30.3 Å². The van der Waals surface area contributed by atoms with Crippen LogP contribution in [-0.4, -0.2) is 14.5 Å². The Labute approximate surface area is 147 Å². The highest BCUT2D eigenvalue weighted by molar-refractivity contribution is 5.72. The Bertz CT molecular complexity index is 1130. The lowest BCUT2D eigenvalue weighted by Crippen LogP contribution is -2.23. The number of benzene rings is 2. The SMILES string of the molecule is O=c1c2ncccc2ncn1Cc1c(F)cc(-c2ccccc2)cc1F. The maximum atomic E-state index is 14.5. The molecule has 2 aromatic carbocycles. The number of nitrogens with zero attached hydrogens (tertiary/aromatic N) is 3. The standard InChI is InChI=1S/C20H13F2N3O/c21-16-9-14(13-5-2-1-3-6-13)10-17(22)15(16)11-25-12-24-18-7-4-8-23-19(18)20(25)26/h1-10,12H,11H2. The first-order valence-electron chi connectivity index (χ1n) is 7.97. The smallest absolute Gasteiger partial charge is 0.280 e. The fourth-order valence-corrected chi connectivity index (χ4v) is 2.82. The highest BCUT2D eigenvalue weighted by atomic mass is 19.1. The molecule has 4 nitrogen and oxygen atoms in total. The van der Waals surface area contributed by atoms with Gasteiger partial charge in [0, 0.05) is 11.8 Å². The zero-order valence-electron chi connectivity index (χ0n) is 13.6. The van der Waals surface area contributed by atoms with E-state index in [0.717, 1.165) is 4.57 Å². The van der Waals surface area contributed by atoms with Crippen molar-refractivity contribution in [2.24, 2.45) is 0 Å². The minimum Gasteiger partial charge on any atom is -0.293 e. The third kappa shape index (κ3) is 2.86. The topological polar surface area (TPSA) is 47.8 Å². The summed E-state index contributed by atoms with van der Waals surface area (Å²) in [6.45, 7) is -0.259. The van der Waals surface area contributed by atoms with Gasteiger partial charge < -0.3 is 0 Å². The Hall–Kier alpha value is -3.41. The molecule has 0 atom stereocenters. The van der Waals surface area contributed by atoms with Crippen LogP contribution in [0.3, 0.4) is 0 Å². The number of fused-ring (bicyclic) bond motifs is 1. The van der Waals surface area contributed by atoms with E-state index >= 15 is 0 Å². The monoisotopic (exact) mass is 349 g/mol. The molecule has 0 saturated heterocycles. The van der Waals surface area contributed by atoms with Crippen LogP contribution < -0.4 is 5.56 Å². The molecule has 6 heteroatoms. The van der Waals surface area contributed by atoms with Gasteiger partial charge in [-0.3, -0.25) is 9.36 Å². The van der Waals surface area contributed by atoms with Gasteiger partial charge in [0.2, 0.25) is 0 Å². The lowest BCUT2D eigenvalue weighted by atomic mass is 10.0. The second-order valence-electron chi connectivity index (χ2n) is 5.83. The van der Waals surface area contributed by atoms with Crippen molar-refractivity contribution in [2.75, 3.05) is 0 Å². The largest absolute Gasteiger partial charge is 0.293 e. The molecular formula is C20H13F2N3O. The molecule has 0 aliphatic heterocycles. The maximum Gasteiger partial charge on any atom is 0.280 e. The summed E-state index contributed by atoms with van der Waals surface area (Å²) < 4.78 is 30.2. The Morgan fingerprint density at radius 1 is 0.885 bits per heavy atom. The molecule has 4 rings (SSSR count). The number of rotatable bonds is 3. The first-order chi connectivity index (χ1) is 12.6. The minimum atomic E-state index is -0.711. The molecular weight excluding hydrogens is 336 g/mol. The van der Waals surface area contributed by atoms with E-state index < -0.39 is 17.2 Å². The van der Waals surface area contributed by atoms with E-state index in [1.165, 1.54) is 24.7 Å². The molecule has 0 aliphatic carbocycles. The van der Waals surface area contributed by atoms with Crippen LogP contribution in [0.4, 0.5) is 8.78 Å². The van der Waals surface area contributed by atoms with Crippen molar-refractivity contribution in [1.29, 1.82) is 0 Å². The van der Waals surface area contributed by atoms with Gasteiger partial charge in [-0.25, -0.2) is 18.7 Å². The zero-order valence-corrected chi connectivity index (χ0v) is 13.6. The van der Waals surface area contributed by atoms with Crippen molar-refractivity contribution in [1.82, 2.24) is 14.5 Å². The van der Waals surface area contributed by atoms with Crippen molar-refractivity contribution < 1.29 is 8.78 Å². The van der Waals surface area contributed by atoms with Gasteiger partial charge >= 0.3 is 0 Å². The van der Waals surface area contributed by atoms with Crippen molar-refractivity contribution in [3.63, 3.8) is 0 Å². The van der Waals surface area contributed by atoms with Crippen LogP contribution in [0.15, 0.2) is 71.9 Å². The summed E-state index contributed by atoms with van der Waals surface area (Å²) in [6, 6.07) is 14.8. The number of pyridine rings is 1. The van der Waals surface area contributed by atoms with Gasteiger partial charge in [-0.05, 0) is 35.4 Å². The van der Waals surface area contributed by atoms with Gasteiger partial charge in [-0.15, -0.1) is 0 Å². The Morgan fingerprint density at radius 3 is 2.35 bits per heavy atom. The van der Waals surface area contributed by atoms with Gasteiger partial charge in [0.1, 0.15) is 11.6 Å². The number of hydrogen-bond donors (Lipinski definition) is 0. The lowest BCUT2D eigenvalue weighted by molar-refractivity contribution is 0.541. The first kappa shape index (κ1) is 16.1. The lowest BCUT2D eigenvalue weighted by Gasteiger charge is -2.10. The molecule has 0 unspecified atom stereocenters. The second kappa shape index (κ2) is 6.48. The Balaban J connectivity index is 1.76. The van der Waals surface area contributed by atoms with Crippen LogP contribution in [0.5, 0.6) is 0 Å². The third-order valence-corrected chi connectivity index (χ3v) is 4.16. The van der Waals surface area contributed by atoms with Gasteiger partial charge in [0.15, 0.2) is 5.52 Å². The summed E-state index contributed by atoms with van der Waals surface area (Å²) >= 11 is 0. The van der Waals surface area contributed by atoms with Gasteiger partial charge in [-0.2, -0.15) is 0 Å². The molecule has 0 aliphatic rings. The van der Waals surface area contributed by atoms with Crippen LogP contribution >= 0.6 is 0 Å². The summed E-state index contributed by atoms with van der Waals surface area (Å²) in [5.41, 5.74) is 1.12. The molecule has 0 bridgehead atoms. The van der Waals surface area contributed by atoms with E-state index in [-0.39, 0.29) is 17.6 Å². The molecule has 128 valence electrons.